The van der Waals surface area contributed by atoms with Gasteiger partial charge in [-0.15, -0.1) is 0 Å². The molecule has 0 spiro atoms. The molecular formula is C10H19N3. The molecule has 1 saturated heterocycles. The van der Waals surface area contributed by atoms with E-state index in [1.165, 1.54) is 26.1 Å². The van der Waals surface area contributed by atoms with Crippen LogP contribution in [0.25, 0.3) is 0 Å². The molecule has 0 aromatic heterocycles. The first-order valence-electron chi connectivity index (χ1n) is 5.18. The summed E-state index contributed by atoms with van der Waals surface area (Å²) in [5.41, 5.74) is 0. The summed E-state index contributed by atoms with van der Waals surface area (Å²) in [6.07, 6.45) is 1.92. The molecule has 1 fully saturated rings. The predicted octanol–water partition coefficient (Wildman–Crippen LogP) is 0.928. The SMILES string of the molecule is CCCN1CCN(CCC#N)CC1. The third-order valence-electron chi connectivity index (χ3n) is 2.54. The van der Waals surface area contributed by atoms with Crippen LogP contribution in [0.2, 0.25) is 0 Å². The Morgan fingerprint density at radius 1 is 1.08 bits per heavy atom. The highest BCUT2D eigenvalue weighted by Crippen LogP contribution is 2.02. The molecule has 0 bridgehead atoms. The zero-order valence-corrected chi connectivity index (χ0v) is 8.50. The minimum Gasteiger partial charge on any atom is -0.301 e. The monoisotopic (exact) mass is 181 g/mol. The Balaban J connectivity index is 2.12. The molecule has 0 atom stereocenters. The summed E-state index contributed by atoms with van der Waals surface area (Å²) in [7, 11) is 0. The third-order valence-corrected chi connectivity index (χ3v) is 2.54. The Kier molecular flexibility index (Phi) is 4.81. The molecule has 3 nitrogen and oxygen atoms in total. The van der Waals surface area contributed by atoms with E-state index in [-0.39, 0.29) is 0 Å². The topological polar surface area (TPSA) is 30.3 Å². The molecule has 13 heavy (non-hydrogen) atoms. The van der Waals surface area contributed by atoms with Crippen LogP contribution >= 0.6 is 0 Å². The lowest BCUT2D eigenvalue weighted by atomic mass is 10.3. The second-order valence-corrected chi connectivity index (χ2v) is 3.59. The molecule has 0 radical (unpaired) electrons. The lowest BCUT2D eigenvalue weighted by molar-refractivity contribution is 0.134. The van der Waals surface area contributed by atoms with Crippen molar-refractivity contribution in [3.05, 3.63) is 0 Å². The van der Waals surface area contributed by atoms with Crippen molar-refractivity contribution in [2.75, 3.05) is 39.3 Å². The van der Waals surface area contributed by atoms with E-state index in [1.54, 1.807) is 0 Å². The van der Waals surface area contributed by atoms with Crippen molar-refractivity contribution in [3.63, 3.8) is 0 Å². The Labute approximate surface area is 80.9 Å². The van der Waals surface area contributed by atoms with E-state index in [2.05, 4.69) is 22.8 Å². The van der Waals surface area contributed by atoms with Gasteiger partial charge in [0.25, 0.3) is 0 Å². The number of nitriles is 1. The van der Waals surface area contributed by atoms with Crippen LogP contribution in [0.15, 0.2) is 0 Å². The van der Waals surface area contributed by atoms with Gasteiger partial charge in [-0.25, -0.2) is 0 Å². The van der Waals surface area contributed by atoms with E-state index in [0.717, 1.165) is 19.6 Å². The van der Waals surface area contributed by atoms with Crippen LogP contribution in [0.4, 0.5) is 0 Å². The molecule has 1 rings (SSSR count). The maximum atomic E-state index is 8.45. The van der Waals surface area contributed by atoms with E-state index >= 15 is 0 Å². The van der Waals surface area contributed by atoms with Gasteiger partial charge in [0.2, 0.25) is 0 Å². The van der Waals surface area contributed by atoms with Crippen LogP contribution in [0, 0.1) is 11.3 Å². The van der Waals surface area contributed by atoms with Gasteiger partial charge in [0.05, 0.1) is 6.07 Å². The van der Waals surface area contributed by atoms with E-state index < -0.39 is 0 Å². The van der Waals surface area contributed by atoms with Crippen LogP contribution in [-0.2, 0) is 0 Å². The van der Waals surface area contributed by atoms with Gasteiger partial charge in [-0.05, 0) is 13.0 Å². The summed E-state index contributed by atoms with van der Waals surface area (Å²) in [6.45, 7) is 9.05. The van der Waals surface area contributed by atoms with E-state index in [9.17, 15) is 0 Å². The summed E-state index contributed by atoms with van der Waals surface area (Å²) in [4.78, 5) is 4.89. The number of piperazine rings is 1. The minimum absolute atomic E-state index is 0.674. The highest BCUT2D eigenvalue weighted by atomic mass is 15.3. The van der Waals surface area contributed by atoms with Crippen LogP contribution in [0.1, 0.15) is 19.8 Å². The highest BCUT2D eigenvalue weighted by molar-refractivity contribution is 4.76. The Hall–Kier alpha value is -0.590. The second kappa shape index (κ2) is 5.95. The molecule has 1 aliphatic rings. The van der Waals surface area contributed by atoms with Crippen LogP contribution in [0.3, 0.4) is 0 Å². The summed E-state index contributed by atoms with van der Waals surface area (Å²) in [6, 6.07) is 2.20. The maximum absolute atomic E-state index is 8.45. The van der Waals surface area contributed by atoms with Gasteiger partial charge in [-0.3, -0.25) is 4.90 Å². The normalized spacial score (nSPS) is 20.0. The molecule has 74 valence electrons. The van der Waals surface area contributed by atoms with Gasteiger partial charge >= 0.3 is 0 Å². The fourth-order valence-electron chi connectivity index (χ4n) is 1.76. The summed E-state index contributed by atoms with van der Waals surface area (Å²) >= 11 is 0. The Morgan fingerprint density at radius 3 is 2.08 bits per heavy atom. The third kappa shape index (κ3) is 3.75. The number of hydrogen-bond donors (Lipinski definition) is 0. The zero-order valence-electron chi connectivity index (χ0n) is 8.50. The van der Waals surface area contributed by atoms with Crippen molar-refractivity contribution in [2.45, 2.75) is 19.8 Å². The van der Waals surface area contributed by atoms with Crippen molar-refractivity contribution >= 4 is 0 Å². The fourth-order valence-corrected chi connectivity index (χ4v) is 1.76. The zero-order chi connectivity index (χ0) is 9.52. The molecular weight excluding hydrogens is 162 g/mol. The summed E-state index contributed by atoms with van der Waals surface area (Å²) < 4.78 is 0. The average molecular weight is 181 g/mol. The standard InChI is InChI=1S/C10H19N3/c1-2-5-12-7-9-13(10-8-12)6-3-4-11/h2-3,5-10H2,1H3. The van der Waals surface area contributed by atoms with Gasteiger partial charge in [0.1, 0.15) is 0 Å². The van der Waals surface area contributed by atoms with Gasteiger partial charge in [0.15, 0.2) is 0 Å². The molecule has 1 aliphatic heterocycles. The van der Waals surface area contributed by atoms with Crippen molar-refractivity contribution in [1.29, 1.82) is 5.26 Å². The van der Waals surface area contributed by atoms with Crippen LogP contribution < -0.4 is 0 Å². The number of hydrogen-bond acceptors (Lipinski definition) is 3. The number of rotatable bonds is 4. The lowest BCUT2D eigenvalue weighted by Gasteiger charge is -2.34. The molecule has 0 amide bonds. The van der Waals surface area contributed by atoms with E-state index in [4.69, 9.17) is 5.26 Å². The van der Waals surface area contributed by atoms with Crippen molar-refractivity contribution < 1.29 is 0 Å². The molecule has 0 N–H and O–H groups in total. The first-order chi connectivity index (χ1) is 6.36. The molecule has 0 aliphatic carbocycles. The summed E-state index contributed by atoms with van der Waals surface area (Å²) in [5.74, 6) is 0. The van der Waals surface area contributed by atoms with Gasteiger partial charge in [-0.1, -0.05) is 6.92 Å². The lowest BCUT2D eigenvalue weighted by Crippen LogP contribution is -2.46. The molecule has 0 aromatic rings. The van der Waals surface area contributed by atoms with Crippen molar-refractivity contribution in [3.8, 4) is 6.07 Å². The quantitative estimate of drug-likeness (QED) is 0.646. The fraction of sp³-hybridized carbons (Fsp3) is 0.900. The molecule has 0 unspecified atom stereocenters. The Bertz CT molecular complexity index is 165. The molecule has 0 saturated carbocycles. The predicted molar refractivity (Wildman–Crippen MR) is 53.4 cm³/mol. The highest BCUT2D eigenvalue weighted by Gasteiger charge is 2.14. The van der Waals surface area contributed by atoms with Crippen molar-refractivity contribution in [2.24, 2.45) is 0 Å². The maximum Gasteiger partial charge on any atom is 0.0635 e. The van der Waals surface area contributed by atoms with Crippen LogP contribution in [0.5, 0.6) is 0 Å². The van der Waals surface area contributed by atoms with Crippen LogP contribution in [-0.4, -0.2) is 49.1 Å². The minimum atomic E-state index is 0.674. The molecule has 1 heterocycles. The Morgan fingerprint density at radius 2 is 1.62 bits per heavy atom. The summed E-state index contributed by atoms with van der Waals surface area (Å²) in [5, 5.41) is 8.45. The van der Waals surface area contributed by atoms with Gasteiger partial charge in [0, 0.05) is 39.1 Å². The largest absolute Gasteiger partial charge is 0.301 e. The first kappa shape index (κ1) is 10.5. The number of nitrogens with zero attached hydrogens (tertiary/aromatic N) is 3. The van der Waals surface area contributed by atoms with Gasteiger partial charge in [-0.2, -0.15) is 5.26 Å². The average Bonchev–Trinajstić information content (AvgIpc) is 2.17. The molecule has 0 aromatic carbocycles. The smallest absolute Gasteiger partial charge is 0.0635 e. The van der Waals surface area contributed by atoms with E-state index in [1.807, 2.05) is 0 Å². The molecule has 3 heteroatoms. The first-order valence-corrected chi connectivity index (χ1v) is 5.18. The van der Waals surface area contributed by atoms with Gasteiger partial charge < -0.3 is 4.90 Å². The van der Waals surface area contributed by atoms with Crippen molar-refractivity contribution in [1.82, 2.24) is 9.80 Å². The second-order valence-electron chi connectivity index (χ2n) is 3.59. The van der Waals surface area contributed by atoms with E-state index in [0.29, 0.717) is 6.42 Å².